The van der Waals surface area contributed by atoms with E-state index in [4.69, 9.17) is 17.3 Å². The van der Waals surface area contributed by atoms with Gasteiger partial charge in [0, 0.05) is 6.54 Å². The van der Waals surface area contributed by atoms with Gasteiger partial charge >= 0.3 is 0 Å². The second-order valence-electron chi connectivity index (χ2n) is 3.63. The first-order valence-corrected chi connectivity index (χ1v) is 6.47. The molecule has 0 atom stereocenters. The van der Waals surface area contributed by atoms with E-state index in [0.29, 0.717) is 11.7 Å². The molecule has 0 unspecified atom stereocenters. The normalized spacial score (nSPS) is 11.2. The summed E-state index contributed by atoms with van der Waals surface area (Å²) < 4.78 is 1.90. The van der Waals surface area contributed by atoms with Crippen LogP contribution in [0, 0.1) is 0 Å². The van der Waals surface area contributed by atoms with Gasteiger partial charge in [0.25, 0.3) is 0 Å². The van der Waals surface area contributed by atoms with E-state index in [2.05, 4.69) is 4.98 Å². The predicted octanol–water partition coefficient (Wildman–Crippen LogP) is 3.17. The van der Waals surface area contributed by atoms with Crippen molar-refractivity contribution in [3.8, 4) is 10.6 Å². The van der Waals surface area contributed by atoms with Gasteiger partial charge in [0.15, 0.2) is 0 Å². The summed E-state index contributed by atoms with van der Waals surface area (Å²) in [6.07, 6.45) is 0. The number of aromatic nitrogens is 2. The SMILES string of the molecule is NCc1c(-c2cccs2)nc2cccc(Cl)n12. The van der Waals surface area contributed by atoms with Crippen molar-refractivity contribution in [2.75, 3.05) is 0 Å². The Bertz CT molecular complexity index is 658. The lowest BCUT2D eigenvalue weighted by atomic mass is 10.3. The van der Waals surface area contributed by atoms with Crippen molar-refractivity contribution < 1.29 is 0 Å². The maximum Gasteiger partial charge on any atom is 0.138 e. The van der Waals surface area contributed by atoms with Crippen LogP contribution in [0.2, 0.25) is 5.15 Å². The Hall–Kier alpha value is -1.36. The molecule has 0 spiro atoms. The Balaban J connectivity index is 2.37. The number of nitrogens with two attached hydrogens (primary N) is 1. The number of hydrogen-bond donors (Lipinski definition) is 1. The van der Waals surface area contributed by atoms with Crippen molar-refractivity contribution in [2.45, 2.75) is 6.54 Å². The van der Waals surface area contributed by atoms with Crippen LogP contribution < -0.4 is 5.73 Å². The lowest BCUT2D eigenvalue weighted by Crippen LogP contribution is -2.02. The molecule has 0 aliphatic rings. The van der Waals surface area contributed by atoms with Gasteiger partial charge in [-0.3, -0.25) is 4.40 Å². The summed E-state index contributed by atoms with van der Waals surface area (Å²) in [6, 6.07) is 9.71. The number of nitrogens with zero attached hydrogens (tertiary/aromatic N) is 2. The van der Waals surface area contributed by atoms with Crippen molar-refractivity contribution in [3.63, 3.8) is 0 Å². The number of thiophene rings is 1. The molecule has 86 valence electrons. The molecule has 0 saturated heterocycles. The van der Waals surface area contributed by atoms with E-state index >= 15 is 0 Å². The van der Waals surface area contributed by atoms with Crippen LogP contribution in [-0.2, 0) is 6.54 Å². The third-order valence-corrected chi connectivity index (χ3v) is 3.81. The zero-order valence-electron chi connectivity index (χ0n) is 8.93. The number of hydrogen-bond acceptors (Lipinski definition) is 3. The number of fused-ring (bicyclic) bond motifs is 1. The number of halogens is 1. The molecule has 0 aliphatic heterocycles. The monoisotopic (exact) mass is 263 g/mol. The fraction of sp³-hybridized carbons (Fsp3) is 0.0833. The highest BCUT2D eigenvalue weighted by molar-refractivity contribution is 7.13. The first-order chi connectivity index (χ1) is 8.31. The smallest absolute Gasteiger partial charge is 0.138 e. The summed E-state index contributed by atoms with van der Waals surface area (Å²) in [5.41, 5.74) is 8.53. The quantitative estimate of drug-likeness (QED) is 0.722. The van der Waals surface area contributed by atoms with Gasteiger partial charge in [-0.1, -0.05) is 23.7 Å². The highest BCUT2D eigenvalue weighted by Crippen LogP contribution is 2.29. The lowest BCUT2D eigenvalue weighted by molar-refractivity contribution is 0.963. The molecule has 3 nitrogen and oxygen atoms in total. The molecule has 0 radical (unpaired) electrons. The highest BCUT2D eigenvalue weighted by Gasteiger charge is 2.14. The zero-order valence-corrected chi connectivity index (χ0v) is 10.5. The van der Waals surface area contributed by atoms with Gasteiger partial charge in [-0.25, -0.2) is 4.98 Å². The molecule has 0 bridgehead atoms. The van der Waals surface area contributed by atoms with Crippen LogP contribution in [0.5, 0.6) is 0 Å². The minimum absolute atomic E-state index is 0.415. The van der Waals surface area contributed by atoms with E-state index in [1.165, 1.54) is 0 Å². The summed E-state index contributed by atoms with van der Waals surface area (Å²) in [6.45, 7) is 0.415. The van der Waals surface area contributed by atoms with Crippen LogP contribution in [0.25, 0.3) is 16.2 Å². The first kappa shape index (κ1) is 10.8. The molecule has 0 aromatic carbocycles. The summed E-state index contributed by atoms with van der Waals surface area (Å²) in [4.78, 5) is 5.71. The van der Waals surface area contributed by atoms with Crippen LogP contribution in [0.15, 0.2) is 35.7 Å². The second kappa shape index (κ2) is 4.14. The second-order valence-corrected chi connectivity index (χ2v) is 4.97. The average Bonchev–Trinajstić information content (AvgIpc) is 2.95. The van der Waals surface area contributed by atoms with Crippen LogP contribution >= 0.6 is 22.9 Å². The molecule has 3 heterocycles. The largest absolute Gasteiger partial charge is 0.325 e. The predicted molar refractivity (Wildman–Crippen MR) is 71.4 cm³/mol. The van der Waals surface area contributed by atoms with Gasteiger partial charge in [0.2, 0.25) is 0 Å². The maximum atomic E-state index is 6.19. The van der Waals surface area contributed by atoms with E-state index in [9.17, 15) is 0 Å². The molecule has 0 fully saturated rings. The van der Waals surface area contributed by atoms with Crippen LogP contribution in [0.4, 0.5) is 0 Å². The molecular weight excluding hydrogens is 254 g/mol. The fourth-order valence-corrected chi connectivity index (χ4v) is 2.91. The fourth-order valence-electron chi connectivity index (χ4n) is 1.91. The van der Waals surface area contributed by atoms with Gasteiger partial charge < -0.3 is 5.73 Å². The first-order valence-electron chi connectivity index (χ1n) is 5.21. The third-order valence-electron chi connectivity index (χ3n) is 2.64. The average molecular weight is 264 g/mol. The van der Waals surface area contributed by atoms with E-state index in [0.717, 1.165) is 21.9 Å². The van der Waals surface area contributed by atoms with Crippen molar-refractivity contribution in [2.24, 2.45) is 5.73 Å². The third kappa shape index (κ3) is 1.65. The van der Waals surface area contributed by atoms with Crippen molar-refractivity contribution in [3.05, 3.63) is 46.6 Å². The van der Waals surface area contributed by atoms with E-state index in [-0.39, 0.29) is 0 Å². The van der Waals surface area contributed by atoms with Crippen LogP contribution in [0.1, 0.15) is 5.69 Å². The summed E-state index contributed by atoms with van der Waals surface area (Å²) in [5, 5.41) is 2.67. The standard InChI is InChI=1S/C12H10ClN3S/c13-10-4-1-5-11-15-12(8(7-14)16(10)11)9-3-2-6-17-9/h1-6H,7,14H2. The van der Waals surface area contributed by atoms with E-state index in [1.807, 2.05) is 40.1 Å². The topological polar surface area (TPSA) is 43.3 Å². The lowest BCUT2D eigenvalue weighted by Gasteiger charge is -2.02. The summed E-state index contributed by atoms with van der Waals surface area (Å²) in [5.74, 6) is 0. The molecular formula is C12H10ClN3S. The maximum absolute atomic E-state index is 6.19. The molecule has 2 N–H and O–H groups in total. The molecule has 5 heteroatoms. The number of imidazole rings is 1. The molecule has 3 aromatic rings. The highest BCUT2D eigenvalue weighted by atomic mass is 35.5. The Kier molecular flexibility index (Phi) is 2.63. The van der Waals surface area contributed by atoms with Crippen LogP contribution in [0.3, 0.4) is 0 Å². The number of pyridine rings is 1. The Morgan fingerprint density at radius 2 is 2.18 bits per heavy atom. The molecule has 17 heavy (non-hydrogen) atoms. The number of rotatable bonds is 2. The molecule has 3 rings (SSSR count). The van der Waals surface area contributed by atoms with Crippen molar-refractivity contribution in [1.82, 2.24) is 9.38 Å². The van der Waals surface area contributed by atoms with Gasteiger partial charge in [0.05, 0.1) is 10.6 Å². The Morgan fingerprint density at radius 1 is 1.29 bits per heavy atom. The minimum Gasteiger partial charge on any atom is -0.325 e. The molecule has 3 aromatic heterocycles. The van der Waals surface area contributed by atoms with E-state index < -0.39 is 0 Å². The molecule has 0 amide bonds. The zero-order chi connectivity index (χ0) is 11.8. The van der Waals surface area contributed by atoms with Gasteiger partial charge in [-0.15, -0.1) is 11.3 Å². The van der Waals surface area contributed by atoms with Crippen LogP contribution in [-0.4, -0.2) is 9.38 Å². The minimum atomic E-state index is 0.415. The van der Waals surface area contributed by atoms with Crippen molar-refractivity contribution >= 4 is 28.6 Å². The Morgan fingerprint density at radius 3 is 2.88 bits per heavy atom. The molecule has 0 aliphatic carbocycles. The summed E-state index contributed by atoms with van der Waals surface area (Å²) >= 11 is 7.84. The summed E-state index contributed by atoms with van der Waals surface area (Å²) in [7, 11) is 0. The van der Waals surface area contributed by atoms with Gasteiger partial charge in [-0.05, 0) is 23.6 Å². The van der Waals surface area contributed by atoms with Crippen molar-refractivity contribution in [1.29, 1.82) is 0 Å². The molecule has 0 saturated carbocycles. The van der Waals surface area contributed by atoms with E-state index in [1.54, 1.807) is 11.3 Å². The van der Waals surface area contributed by atoms with Gasteiger partial charge in [-0.2, -0.15) is 0 Å². The Labute approximate surface area is 107 Å². The van der Waals surface area contributed by atoms with Gasteiger partial charge in [0.1, 0.15) is 16.5 Å².